The van der Waals surface area contributed by atoms with Gasteiger partial charge >= 0.3 is 0 Å². The monoisotopic (exact) mass is 368 g/mol. The summed E-state index contributed by atoms with van der Waals surface area (Å²) in [6, 6.07) is 10.4. The van der Waals surface area contributed by atoms with Crippen LogP contribution in [0, 0.1) is 12.8 Å². The normalized spacial score (nSPS) is 12.7. The molecule has 146 valence electrons. The molecule has 1 aromatic heterocycles. The van der Waals surface area contributed by atoms with E-state index in [0.717, 1.165) is 23.8 Å². The SMILES string of the molecule is CCOc1cc(C)ccc1CNC(=NC)NCC(c1cccnc1)C(C)C. The summed E-state index contributed by atoms with van der Waals surface area (Å²) in [7, 11) is 1.79. The summed E-state index contributed by atoms with van der Waals surface area (Å²) in [5.41, 5.74) is 3.56. The molecule has 1 heterocycles. The fourth-order valence-electron chi connectivity index (χ4n) is 3.04. The van der Waals surface area contributed by atoms with E-state index in [0.29, 0.717) is 25.0 Å². The van der Waals surface area contributed by atoms with Crippen LogP contribution in [0.1, 0.15) is 43.4 Å². The third kappa shape index (κ3) is 6.27. The van der Waals surface area contributed by atoms with Crippen molar-refractivity contribution in [3.8, 4) is 5.75 Å². The molecule has 0 saturated carbocycles. The summed E-state index contributed by atoms with van der Waals surface area (Å²) in [4.78, 5) is 8.62. The Labute approximate surface area is 163 Å². The maximum atomic E-state index is 5.76. The average Bonchev–Trinajstić information content (AvgIpc) is 2.66. The second-order valence-electron chi connectivity index (χ2n) is 6.99. The zero-order chi connectivity index (χ0) is 19.6. The Bertz CT molecular complexity index is 728. The van der Waals surface area contributed by atoms with Crippen molar-refractivity contribution in [2.75, 3.05) is 20.2 Å². The van der Waals surface area contributed by atoms with Gasteiger partial charge < -0.3 is 15.4 Å². The molecule has 0 saturated heterocycles. The average molecular weight is 369 g/mol. The Morgan fingerprint density at radius 2 is 2.04 bits per heavy atom. The highest BCUT2D eigenvalue weighted by molar-refractivity contribution is 5.79. The van der Waals surface area contributed by atoms with Gasteiger partial charge in [-0.15, -0.1) is 0 Å². The van der Waals surface area contributed by atoms with E-state index >= 15 is 0 Å². The molecule has 1 aromatic carbocycles. The molecule has 0 aliphatic heterocycles. The van der Waals surface area contributed by atoms with Crippen LogP contribution in [0.3, 0.4) is 0 Å². The number of aliphatic imine (C=N–C) groups is 1. The fourth-order valence-corrected chi connectivity index (χ4v) is 3.04. The van der Waals surface area contributed by atoms with E-state index in [1.54, 1.807) is 7.05 Å². The number of benzene rings is 1. The van der Waals surface area contributed by atoms with E-state index in [1.807, 2.05) is 25.4 Å². The lowest BCUT2D eigenvalue weighted by atomic mass is 9.89. The van der Waals surface area contributed by atoms with E-state index in [9.17, 15) is 0 Å². The summed E-state index contributed by atoms with van der Waals surface area (Å²) in [6.45, 7) is 10.7. The van der Waals surface area contributed by atoms with Gasteiger partial charge in [0.25, 0.3) is 0 Å². The molecule has 0 amide bonds. The highest BCUT2D eigenvalue weighted by atomic mass is 16.5. The Kier molecular flexibility index (Phi) is 8.11. The predicted octanol–water partition coefficient (Wildman–Crippen LogP) is 3.89. The number of nitrogens with zero attached hydrogens (tertiary/aromatic N) is 2. The van der Waals surface area contributed by atoms with E-state index < -0.39 is 0 Å². The van der Waals surface area contributed by atoms with E-state index in [4.69, 9.17) is 4.74 Å². The highest BCUT2D eigenvalue weighted by Crippen LogP contribution is 2.23. The van der Waals surface area contributed by atoms with Crippen LogP contribution in [0.5, 0.6) is 5.75 Å². The molecular formula is C22H32N4O. The third-order valence-electron chi connectivity index (χ3n) is 4.60. The summed E-state index contributed by atoms with van der Waals surface area (Å²) in [6.07, 6.45) is 3.76. The lowest BCUT2D eigenvalue weighted by Crippen LogP contribution is -2.39. The van der Waals surface area contributed by atoms with Crippen molar-refractivity contribution in [3.05, 3.63) is 59.4 Å². The zero-order valence-corrected chi connectivity index (χ0v) is 17.1. The summed E-state index contributed by atoms with van der Waals surface area (Å²) >= 11 is 0. The first-order valence-electron chi connectivity index (χ1n) is 9.61. The lowest BCUT2D eigenvalue weighted by Gasteiger charge is -2.23. The number of aromatic nitrogens is 1. The van der Waals surface area contributed by atoms with Crippen LogP contribution in [0.2, 0.25) is 0 Å². The first-order valence-corrected chi connectivity index (χ1v) is 9.61. The number of hydrogen-bond acceptors (Lipinski definition) is 3. The van der Waals surface area contributed by atoms with Crippen LogP contribution in [0.15, 0.2) is 47.7 Å². The van der Waals surface area contributed by atoms with Crippen molar-refractivity contribution < 1.29 is 4.74 Å². The van der Waals surface area contributed by atoms with Crippen molar-refractivity contribution in [1.29, 1.82) is 0 Å². The largest absolute Gasteiger partial charge is 0.494 e. The zero-order valence-electron chi connectivity index (χ0n) is 17.1. The van der Waals surface area contributed by atoms with Crippen molar-refractivity contribution in [2.24, 2.45) is 10.9 Å². The van der Waals surface area contributed by atoms with Gasteiger partial charge in [-0.25, -0.2) is 0 Å². The Balaban J connectivity index is 1.98. The number of rotatable bonds is 8. The Morgan fingerprint density at radius 1 is 1.22 bits per heavy atom. The molecule has 0 spiro atoms. The second-order valence-corrected chi connectivity index (χ2v) is 6.99. The topological polar surface area (TPSA) is 58.5 Å². The van der Waals surface area contributed by atoms with Crippen LogP contribution in [0.4, 0.5) is 0 Å². The van der Waals surface area contributed by atoms with Crippen LogP contribution in [0.25, 0.3) is 0 Å². The number of pyridine rings is 1. The lowest BCUT2D eigenvalue weighted by molar-refractivity contribution is 0.336. The van der Waals surface area contributed by atoms with Gasteiger partial charge in [-0.1, -0.05) is 32.0 Å². The second kappa shape index (κ2) is 10.6. The molecule has 0 aliphatic rings. The summed E-state index contributed by atoms with van der Waals surface area (Å²) < 4.78 is 5.76. The van der Waals surface area contributed by atoms with E-state index in [1.165, 1.54) is 11.1 Å². The van der Waals surface area contributed by atoms with Gasteiger partial charge in [-0.3, -0.25) is 9.98 Å². The molecule has 5 heteroatoms. The molecule has 27 heavy (non-hydrogen) atoms. The fraction of sp³-hybridized carbons (Fsp3) is 0.455. The minimum atomic E-state index is 0.371. The van der Waals surface area contributed by atoms with E-state index in [-0.39, 0.29) is 0 Å². The minimum absolute atomic E-state index is 0.371. The standard InChI is InChI=1S/C22H32N4O/c1-6-27-21-12-17(4)9-10-19(21)14-25-22(23-5)26-15-20(16(2)3)18-8-7-11-24-13-18/h7-13,16,20H,6,14-15H2,1-5H3,(H2,23,25,26). The van der Waals surface area contributed by atoms with Crippen LogP contribution in [-0.2, 0) is 6.54 Å². The number of aryl methyl sites for hydroxylation is 1. The number of nitrogens with one attached hydrogen (secondary N) is 2. The van der Waals surface area contributed by atoms with Gasteiger partial charge in [-0.2, -0.15) is 0 Å². The maximum absolute atomic E-state index is 5.76. The maximum Gasteiger partial charge on any atom is 0.191 e. The van der Waals surface area contributed by atoms with Gasteiger partial charge in [0, 0.05) is 44.0 Å². The molecule has 0 fully saturated rings. The molecular weight excluding hydrogens is 336 g/mol. The number of ether oxygens (including phenoxy) is 1. The number of guanidine groups is 1. The highest BCUT2D eigenvalue weighted by Gasteiger charge is 2.16. The first-order chi connectivity index (χ1) is 13.0. The quantitative estimate of drug-likeness (QED) is 0.548. The van der Waals surface area contributed by atoms with Gasteiger partial charge in [0.05, 0.1) is 6.61 Å². The first kappa shape index (κ1) is 20.7. The van der Waals surface area contributed by atoms with Crippen molar-refractivity contribution in [2.45, 2.75) is 40.2 Å². The molecule has 1 unspecified atom stereocenters. The predicted molar refractivity (Wildman–Crippen MR) is 112 cm³/mol. The number of hydrogen-bond donors (Lipinski definition) is 2. The van der Waals surface area contributed by atoms with Gasteiger partial charge in [0.1, 0.15) is 5.75 Å². The van der Waals surface area contributed by atoms with Crippen LogP contribution in [-0.4, -0.2) is 31.1 Å². The van der Waals surface area contributed by atoms with Crippen molar-refractivity contribution in [3.63, 3.8) is 0 Å². The van der Waals surface area contributed by atoms with Crippen LogP contribution < -0.4 is 15.4 Å². The molecule has 5 nitrogen and oxygen atoms in total. The molecule has 0 bridgehead atoms. The van der Waals surface area contributed by atoms with Gasteiger partial charge in [0.2, 0.25) is 0 Å². The summed E-state index contributed by atoms with van der Waals surface area (Å²) in [5.74, 6) is 2.58. The molecule has 0 aliphatic carbocycles. The molecule has 0 radical (unpaired) electrons. The third-order valence-corrected chi connectivity index (χ3v) is 4.60. The molecule has 2 aromatic rings. The van der Waals surface area contributed by atoms with Crippen LogP contribution >= 0.6 is 0 Å². The molecule has 2 rings (SSSR count). The molecule has 2 N–H and O–H groups in total. The van der Waals surface area contributed by atoms with Gasteiger partial charge in [0.15, 0.2) is 5.96 Å². The van der Waals surface area contributed by atoms with Crippen molar-refractivity contribution >= 4 is 5.96 Å². The Morgan fingerprint density at radius 3 is 2.67 bits per heavy atom. The Hall–Kier alpha value is -2.56. The van der Waals surface area contributed by atoms with Gasteiger partial charge in [-0.05, 0) is 43.0 Å². The van der Waals surface area contributed by atoms with E-state index in [2.05, 4.69) is 65.6 Å². The molecule has 1 atom stereocenters. The van der Waals surface area contributed by atoms with Crippen molar-refractivity contribution in [1.82, 2.24) is 15.6 Å². The summed E-state index contributed by atoms with van der Waals surface area (Å²) in [5, 5.41) is 6.85. The minimum Gasteiger partial charge on any atom is -0.494 e. The smallest absolute Gasteiger partial charge is 0.191 e.